The number of carbonyl (C=O) groups is 7. The van der Waals surface area contributed by atoms with Gasteiger partial charge in [0.05, 0.1) is 12.4 Å². The van der Waals surface area contributed by atoms with Gasteiger partial charge in [-0.2, -0.15) is 0 Å². The van der Waals surface area contributed by atoms with Gasteiger partial charge in [0.25, 0.3) is 0 Å². The van der Waals surface area contributed by atoms with E-state index in [1.807, 2.05) is 13.8 Å². The lowest BCUT2D eigenvalue weighted by molar-refractivity contribution is -0.145. The molecule has 1 aliphatic heterocycles. The van der Waals surface area contributed by atoms with E-state index < -0.39 is 95.5 Å². The van der Waals surface area contributed by atoms with Gasteiger partial charge in [-0.15, -0.1) is 0 Å². The fourth-order valence-corrected chi connectivity index (χ4v) is 7.11. The van der Waals surface area contributed by atoms with Crippen LogP contribution in [0.25, 0.3) is 0 Å². The first-order valence-corrected chi connectivity index (χ1v) is 21.3. The Bertz CT molecular complexity index is 1880. The standard InChI is InChI=1S/C42H66N12O9/c1-22(2)17-31(41(62)63)51-37(58)32-10-8-16-54(32)40(61)30(19-26-20-46-21-48-26)50-39(60)34(24(5)6)53-36(57)29(18-25-11-13-27(55)14-12-25)49-38(59)33(23(3)4)52-35(56)28(43)9-7-15-47-42(44)45/h11-14,20-24,28-34,55H,7-10,15-19,43H2,1-6H3,(H,46,48)(H,49,59)(H,50,60)(H,51,58)(H,52,56)(H,53,57)(H,62,63)(H4,44,45,47)/t28-,29-,30-,31-,32-,33-,34-/m0/s1. The maximum atomic E-state index is 14.3. The second-order valence-electron chi connectivity index (χ2n) is 17.0. The Morgan fingerprint density at radius 2 is 1.43 bits per heavy atom. The molecule has 0 unspecified atom stereocenters. The lowest BCUT2D eigenvalue weighted by Gasteiger charge is -2.31. The fraction of sp³-hybridized carbons (Fsp3) is 0.595. The van der Waals surface area contributed by atoms with Crippen LogP contribution in [-0.2, 0) is 46.4 Å². The van der Waals surface area contributed by atoms with E-state index >= 15 is 0 Å². The lowest BCUT2D eigenvalue weighted by atomic mass is 9.98. The number of aromatic nitrogens is 2. The predicted octanol–water partition coefficient (Wildman–Crippen LogP) is -0.861. The number of nitrogens with one attached hydrogen (secondary N) is 6. The maximum Gasteiger partial charge on any atom is 0.326 e. The van der Waals surface area contributed by atoms with E-state index in [9.17, 15) is 43.8 Å². The summed E-state index contributed by atoms with van der Waals surface area (Å²) in [6.45, 7) is 10.9. The second-order valence-corrected chi connectivity index (χ2v) is 17.0. The third-order valence-corrected chi connectivity index (χ3v) is 10.6. The third-order valence-electron chi connectivity index (χ3n) is 10.6. The summed E-state index contributed by atoms with van der Waals surface area (Å²) in [5.41, 5.74) is 17.9. The van der Waals surface area contributed by atoms with Crippen molar-refractivity contribution in [2.45, 2.75) is 129 Å². The summed E-state index contributed by atoms with van der Waals surface area (Å²) < 4.78 is 0. The van der Waals surface area contributed by atoms with Crippen molar-refractivity contribution in [2.24, 2.45) is 39.9 Å². The molecular weight excluding hydrogens is 817 g/mol. The maximum absolute atomic E-state index is 14.3. The number of nitrogens with zero attached hydrogens (tertiary/aromatic N) is 3. The summed E-state index contributed by atoms with van der Waals surface area (Å²) in [5.74, 6) is -6.29. The molecule has 2 aromatic rings. The van der Waals surface area contributed by atoms with Gasteiger partial charge in [0.15, 0.2) is 5.96 Å². The van der Waals surface area contributed by atoms with E-state index in [0.29, 0.717) is 24.1 Å². The lowest BCUT2D eigenvalue weighted by Crippen LogP contribution is -2.61. The number of aromatic amines is 1. The van der Waals surface area contributed by atoms with Gasteiger partial charge in [-0.05, 0) is 67.6 Å². The summed E-state index contributed by atoms with van der Waals surface area (Å²) in [7, 11) is 0. The van der Waals surface area contributed by atoms with Crippen molar-refractivity contribution < 1.29 is 43.8 Å². The zero-order chi connectivity index (χ0) is 47.0. The Morgan fingerprint density at radius 1 is 0.825 bits per heavy atom. The molecule has 6 amide bonds. The van der Waals surface area contributed by atoms with Crippen LogP contribution in [0.2, 0.25) is 0 Å². The highest BCUT2D eigenvalue weighted by Gasteiger charge is 2.40. The number of hydrogen-bond acceptors (Lipinski definition) is 11. The molecule has 2 heterocycles. The van der Waals surface area contributed by atoms with Crippen LogP contribution in [0.1, 0.15) is 84.9 Å². The molecule has 7 atom stereocenters. The van der Waals surface area contributed by atoms with Gasteiger partial charge < -0.3 is 63.9 Å². The highest BCUT2D eigenvalue weighted by Crippen LogP contribution is 2.21. The Labute approximate surface area is 367 Å². The number of hydrogen-bond donors (Lipinski definition) is 11. The summed E-state index contributed by atoms with van der Waals surface area (Å²) in [6, 6.07) is -2.02. The zero-order valence-corrected chi connectivity index (χ0v) is 36.9. The first-order valence-electron chi connectivity index (χ1n) is 21.3. The molecule has 1 aromatic carbocycles. The second kappa shape index (κ2) is 24.4. The molecule has 1 fully saturated rings. The largest absolute Gasteiger partial charge is 0.508 e. The Balaban J connectivity index is 1.85. The average molecular weight is 883 g/mol. The van der Waals surface area contributed by atoms with Gasteiger partial charge in [-0.3, -0.25) is 33.8 Å². The molecule has 1 saturated heterocycles. The van der Waals surface area contributed by atoms with Crippen molar-refractivity contribution in [2.75, 3.05) is 13.1 Å². The molecule has 348 valence electrons. The fourth-order valence-electron chi connectivity index (χ4n) is 7.11. The summed E-state index contributed by atoms with van der Waals surface area (Å²) in [4.78, 5) is 107. The molecule has 0 aliphatic carbocycles. The molecule has 0 bridgehead atoms. The number of imidazole rings is 1. The van der Waals surface area contributed by atoms with Crippen LogP contribution in [0.5, 0.6) is 5.75 Å². The van der Waals surface area contributed by atoms with Crippen LogP contribution in [0.15, 0.2) is 41.8 Å². The topological polar surface area (TPSA) is 342 Å². The number of guanidine groups is 1. The number of likely N-dealkylation sites (tertiary alicyclic amines) is 1. The number of carboxylic acids is 1. The molecule has 0 radical (unpaired) electrons. The van der Waals surface area contributed by atoms with Crippen LogP contribution in [0, 0.1) is 17.8 Å². The molecule has 1 aliphatic rings. The third kappa shape index (κ3) is 16.2. The zero-order valence-electron chi connectivity index (χ0n) is 36.9. The van der Waals surface area contributed by atoms with Crippen LogP contribution in [0.4, 0.5) is 0 Å². The van der Waals surface area contributed by atoms with Crippen molar-refractivity contribution in [3.63, 3.8) is 0 Å². The van der Waals surface area contributed by atoms with E-state index in [2.05, 4.69) is 41.5 Å². The van der Waals surface area contributed by atoms with Crippen LogP contribution in [0.3, 0.4) is 0 Å². The first kappa shape index (κ1) is 51.1. The monoisotopic (exact) mass is 883 g/mol. The van der Waals surface area contributed by atoms with Crippen molar-refractivity contribution in [1.29, 1.82) is 0 Å². The number of phenolic OH excluding ortho intramolecular Hbond substituents is 1. The number of aliphatic imine (C=N–C) groups is 1. The number of phenols is 1. The molecule has 14 N–H and O–H groups in total. The molecule has 0 saturated carbocycles. The van der Waals surface area contributed by atoms with E-state index in [1.165, 1.54) is 29.6 Å². The Kier molecular flexibility index (Phi) is 19.8. The van der Waals surface area contributed by atoms with E-state index in [4.69, 9.17) is 17.2 Å². The highest BCUT2D eigenvalue weighted by molar-refractivity contribution is 5.97. The Morgan fingerprint density at radius 3 is 1.97 bits per heavy atom. The number of benzene rings is 1. The first-order chi connectivity index (χ1) is 29.7. The Hall–Kier alpha value is -6.25. The average Bonchev–Trinajstić information content (AvgIpc) is 3.92. The van der Waals surface area contributed by atoms with E-state index in [1.54, 1.807) is 39.8 Å². The van der Waals surface area contributed by atoms with E-state index in [-0.39, 0.29) is 62.8 Å². The number of H-pyrrole nitrogens is 1. The quantitative estimate of drug-likeness (QED) is 0.0348. The normalized spacial score (nSPS) is 16.6. The number of aliphatic carboxylic acids is 1. The van der Waals surface area contributed by atoms with Crippen LogP contribution in [-0.4, -0.2) is 128 Å². The number of nitrogens with two attached hydrogens (primary N) is 3. The molecule has 1 aromatic heterocycles. The summed E-state index contributed by atoms with van der Waals surface area (Å²) in [6.07, 6.45) is 4.33. The number of carbonyl (C=O) groups excluding carboxylic acids is 6. The van der Waals surface area contributed by atoms with Crippen LogP contribution < -0.4 is 43.8 Å². The van der Waals surface area contributed by atoms with Gasteiger partial charge in [0, 0.05) is 37.8 Å². The number of rotatable bonds is 24. The van der Waals surface area contributed by atoms with Crippen molar-refractivity contribution >= 4 is 47.4 Å². The number of carboxylic acid groups (broad SMARTS) is 1. The smallest absolute Gasteiger partial charge is 0.326 e. The van der Waals surface area contributed by atoms with Gasteiger partial charge >= 0.3 is 5.97 Å². The molecule has 63 heavy (non-hydrogen) atoms. The summed E-state index contributed by atoms with van der Waals surface area (Å²) >= 11 is 0. The van der Waals surface area contributed by atoms with Crippen molar-refractivity contribution in [1.82, 2.24) is 41.5 Å². The van der Waals surface area contributed by atoms with Gasteiger partial charge in [0.1, 0.15) is 42.0 Å². The minimum atomic E-state index is -1.29. The van der Waals surface area contributed by atoms with Gasteiger partial charge in [-0.25, -0.2) is 9.78 Å². The molecule has 21 heteroatoms. The number of aromatic hydroxyl groups is 1. The molecule has 0 spiro atoms. The molecule has 21 nitrogen and oxygen atoms in total. The molecule has 3 rings (SSSR count). The summed E-state index contributed by atoms with van der Waals surface area (Å²) in [5, 5.41) is 33.1. The minimum Gasteiger partial charge on any atom is -0.508 e. The van der Waals surface area contributed by atoms with Crippen LogP contribution >= 0.6 is 0 Å². The minimum absolute atomic E-state index is 0.0201. The van der Waals surface area contributed by atoms with Gasteiger partial charge in [0.2, 0.25) is 35.4 Å². The van der Waals surface area contributed by atoms with Crippen molar-refractivity contribution in [3.05, 3.63) is 48.0 Å². The SMILES string of the molecule is CC(C)C[C@H](NC(=O)[C@@H]1CCCN1C(=O)[C@H](Cc1cnc[nH]1)NC(=O)[C@@H](NC(=O)[C@H](Cc1ccc(O)cc1)NC(=O)[C@@H](NC(=O)[C@@H](N)CCCN=C(N)N)C(C)C)C(C)C)C(=O)O. The molecular formula is C42H66N12O9. The predicted molar refractivity (Wildman–Crippen MR) is 233 cm³/mol. The van der Waals surface area contributed by atoms with E-state index in [0.717, 1.165) is 0 Å². The van der Waals surface area contributed by atoms with Crippen molar-refractivity contribution in [3.8, 4) is 5.75 Å². The number of amides is 6. The highest BCUT2D eigenvalue weighted by atomic mass is 16.4. The van der Waals surface area contributed by atoms with Gasteiger partial charge in [-0.1, -0.05) is 53.7 Å².